The number of furan rings is 1. The molecule has 2 N–H and O–H groups in total. The molecule has 27 heavy (non-hydrogen) atoms. The minimum Gasteiger partial charge on any atom is -0.463 e. The molecule has 0 aliphatic carbocycles. The third-order valence-corrected chi connectivity index (χ3v) is 4.91. The first-order chi connectivity index (χ1) is 13.2. The van der Waals surface area contributed by atoms with Crippen molar-refractivity contribution in [2.45, 2.75) is 5.50 Å². The molecule has 3 aromatic rings. The number of carbonyl (C=O) groups is 2. The molecule has 0 fully saturated rings. The van der Waals surface area contributed by atoms with Crippen LogP contribution in [0, 0.1) is 0 Å². The normalized spacial score (nSPS) is 16.1. The molecule has 1 aliphatic rings. The first-order valence-corrected chi connectivity index (χ1v) is 8.98. The Balaban J connectivity index is 1.58. The van der Waals surface area contributed by atoms with Crippen molar-refractivity contribution in [1.29, 1.82) is 0 Å². The Labute approximate surface area is 158 Å². The summed E-state index contributed by atoms with van der Waals surface area (Å²) in [6, 6.07) is 11.9. The van der Waals surface area contributed by atoms with E-state index < -0.39 is 5.50 Å². The number of nitrogens with zero attached hydrogens (tertiary/aromatic N) is 2. The second-order valence-electron chi connectivity index (χ2n) is 5.58. The molecule has 1 aliphatic heterocycles. The number of aromatic nitrogens is 2. The van der Waals surface area contributed by atoms with Crippen LogP contribution in [-0.2, 0) is 0 Å². The number of pyridine rings is 2. The highest BCUT2D eigenvalue weighted by Crippen LogP contribution is 2.36. The fourth-order valence-electron chi connectivity index (χ4n) is 2.56. The summed E-state index contributed by atoms with van der Waals surface area (Å²) in [4.78, 5) is 33.8. The number of nitrogens with one attached hydrogen (secondary N) is 2. The molecule has 1 unspecified atom stereocenters. The summed E-state index contributed by atoms with van der Waals surface area (Å²) in [6.45, 7) is 0. The van der Waals surface area contributed by atoms with Crippen LogP contribution in [0.5, 0.6) is 0 Å². The fraction of sp³-hybridized carbons (Fsp3) is 0.0526. The Kier molecular flexibility index (Phi) is 4.71. The SMILES string of the molecule is O=C(NC1NC(c2ccco2)=C(C(=O)c2ccccn2)S1)c1ccncc1. The van der Waals surface area contributed by atoms with E-state index in [0.29, 0.717) is 27.6 Å². The quantitative estimate of drug-likeness (QED) is 0.659. The van der Waals surface area contributed by atoms with Gasteiger partial charge in [-0.25, -0.2) is 0 Å². The van der Waals surface area contributed by atoms with Gasteiger partial charge in [0, 0.05) is 24.2 Å². The zero-order chi connectivity index (χ0) is 18.6. The van der Waals surface area contributed by atoms with E-state index in [1.807, 2.05) is 0 Å². The van der Waals surface area contributed by atoms with Crippen molar-refractivity contribution in [1.82, 2.24) is 20.6 Å². The monoisotopic (exact) mass is 378 g/mol. The second kappa shape index (κ2) is 7.46. The Bertz CT molecular complexity index is 988. The number of carbonyl (C=O) groups excluding carboxylic acids is 2. The first-order valence-electron chi connectivity index (χ1n) is 8.10. The van der Waals surface area contributed by atoms with Crippen LogP contribution in [0.3, 0.4) is 0 Å². The van der Waals surface area contributed by atoms with Gasteiger partial charge in [-0.3, -0.25) is 19.6 Å². The maximum Gasteiger partial charge on any atom is 0.253 e. The van der Waals surface area contributed by atoms with Crippen molar-refractivity contribution in [3.05, 3.63) is 89.2 Å². The third-order valence-electron chi connectivity index (χ3n) is 3.81. The predicted octanol–water partition coefficient (Wildman–Crippen LogP) is 2.67. The van der Waals surface area contributed by atoms with Gasteiger partial charge in [0.1, 0.15) is 5.69 Å². The first kappa shape index (κ1) is 17.0. The summed E-state index contributed by atoms with van der Waals surface area (Å²) in [7, 11) is 0. The van der Waals surface area contributed by atoms with Gasteiger partial charge in [-0.05, 0) is 36.4 Å². The number of Topliss-reactive ketones (excluding diaryl/α,β-unsaturated/α-hetero) is 1. The van der Waals surface area contributed by atoms with Gasteiger partial charge in [0.25, 0.3) is 5.91 Å². The van der Waals surface area contributed by atoms with E-state index in [9.17, 15) is 9.59 Å². The average Bonchev–Trinajstić information content (AvgIpc) is 3.38. The van der Waals surface area contributed by atoms with Gasteiger partial charge in [-0.1, -0.05) is 17.8 Å². The number of hydrogen-bond acceptors (Lipinski definition) is 7. The van der Waals surface area contributed by atoms with Gasteiger partial charge in [-0.2, -0.15) is 0 Å². The fourth-order valence-corrected chi connectivity index (χ4v) is 3.63. The van der Waals surface area contributed by atoms with Crippen LogP contribution >= 0.6 is 11.8 Å². The molecule has 1 amide bonds. The Hall–Kier alpha value is -3.39. The smallest absolute Gasteiger partial charge is 0.253 e. The molecular formula is C19H14N4O3S. The minimum atomic E-state index is -0.520. The molecule has 0 aromatic carbocycles. The van der Waals surface area contributed by atoms with Gasteiger partial charge in [0.2, 0.25) is 5.78 Å². The Morgan fingerprint density at radius 2 is 1.93 bits per heavy atom. The van der Waals surface area contributed by atoms with Crippen molar-refractivity contribution in [2.24, 2.45) is 0 Å². The molecule has 4 rings (SSSR count). The zero-order valence-corrected chi connectivity index (χ0v) is 14.8. The number of amides is 1. The number of rotatable bonds is 5. The van der Waals surface area contributed by atoms with Crippen LogP contribution in [0.4, 0.5) is 0 Å². The second-order valence-corrected chi connectivity index (χ2v) is 6.69. The molecule has 8 heteroatoms. The standard InChI is InChI=1S/C19H14N4O3S/c24-16(13-4-1-2-8-21-13)17-15(14-5-3-11-26-14)22-19(27-17)23-18(25)12-6-9-20-10-7-12/h1-11,19,22H,(H,23,25). The van der Waals surface area contributed by atoms with E-state index in [-0.39, 0.29) is 11.7 Å². The van der Waals surface area contributed by atoms with Crippen LogP contribution < -0.4 is 10.6 Å². The molecule has 0 bridgehead atoms. The lowest BCUT2D eigenvalue weighted by Crippen LogP contribution is -2.39. The van der Waals surface area contributed by atoms with Crippen molar-refractivity contribution >= 4 is 29.1 Å². The lowest BCUT2D eigenvalue weighted by Gasteiger charge is -2.14. The van der Waals surface area contributed by atoms with E-state index in [4.69, 9.17) is 4.42 Å². The van der Waals surface area contributed by atoms with E-state index in [1.165, 1.54) is 18.0 Å². The minimum absolute atomic E-state index is 0.236. The maximum absolute atomic E-state index is 12.9. The highest BCUT2D eigenvalue weighted by atomic mass is 32.2. The summed E-state index contributed by atoms with van der Waals surface area (Å²) in [5, 5.41) is 6.00. The van der Waals surface area contributed by atoms with Gasteiger partial charge in [0.15, 0.2) is 11.3 Å². The van der Waals surface area contributed by atoms with Crippen molar-refractivity contribution in [3.8, 4) is 0 Å². The predicted molar refractivity (Wildman–Crippen MR) is 100 cm³/mol. The van der Waals surface area contributed by atoms with E-state index in [1.54, 1.807) is 61.1 Å². The van der Waals surface area contributed by atoms with Gasteiger partial charge < -0.3 is 15.1 Å². The van der Waals surface area contributed by atoms with Gasteiger partial charge in [0.05, 0.1) is 16.9 Å². The van der Waals surface area contributed by atoms with Gasteiger partial charge in [-0.15, -0.1) is 0 Å². The van der Waals surface area contributed by atoms with Crippen LogP contribution in [0.25, 0.3) is 5.70 Å². The Morgan fingerprint density at radius 3 is 2.63 bits per heavy atom. The number of ketones is 1. The molecule has 134 valence electrons. The molecule has 3 aromatic heterocycles. The molecule has 0 spiro atoms. The van der Waals surface area contributed by atoms with Crippen molar-refractivity contribution < 1.29 is 14.0 Å². The zero-order valence-electron chi connectivity index (χ0n) is 14.0. The molecular weight excluding hydrogens is 364 g/mol. The molecule has 1 atom stereocenters. The lowest BCUT2D eigenvalue weighted by atomic mass is 10.2. The largest absolute Gasteiger partial charge is 0.463 e. The summed E-state index contributed by atoms with van der Waals surface area (Å²) in [5.74, 6) is 0.00957. The Morgan fingerprint density at radius 1 is 1.07 bits per heavy atom. The maximum atomic E-state index is 12.9. The van der Waals surface area contributed by atoms with Crippen LogP contribution in [0.15, 0.2) is 76.6 Å². The topological polar surface area (TPSA) is 97.1 Å². The summed E-state index contributed by atoms with van der Waals surface area (Å²) < 4.78 is 5.44. The van der Waals surface area contributed by atoms with Crippen LogP contribution in [0.1, 0.15) is 26.6 Å². The number of thioether (sulfide) groups is 1. The van der Waals surface area contributed by atoms with E-state index in [0.717, 1.165) is 0 Å². The average molecular weight is 378 g/mol. The van der Waals surface area contributed by atoms with Gasteiger partial charge >= 0.3 is 0 Å². The highest BCUT2D eigenvalue weighted by Gasteiger charge is 2.33. The third kappa shape index (κ3) is 3.61. The number of hydrogen-bond donors (Lipinski definition) is 2. The van der Waals surface area contributed by atoms with Crippen LogP contribution in [-0.4, -0.2) is 27.2 Å². The van der Waals surface area contributed by atoms with Crippen molar-refractivity contribution in [3.63, 3.8) is 0 Å². The summed E-state index contributed by atoms with van der Waals surface area (Å²) >= 11 is 1.21. The molecule has 7 nitrogen and oxygen atoms in total. The highest BCUT2D eigenvalue weighted by molar-refractivity contribution is 8.05. The van der Waals surface area contributed by atoms with Crippen molar-refractivity contribution in [2.75, 3.05) is 0 Å². The van der Waals surface area contributed by atoms with E-state index in [2.05, 4.69) is 20.6 Å². The molecule has 0 radical (unpaired) electrons. The molecule has 4 heterocycles. The number of allylic oxidation sites excluding steroid dienone is 1. The summed E-state index contributed by atoms with van der Waals surface area (Å²) in [5.41, 5.74) is 0.817. The molecule has 0 saturated heterocycles. The molecule has 0 saturated carbocycles. The summed E-state index contributed by atoms with van der Waals surface area (Å²) in [6.07, 6.45) is 6.19. The van der Waals surface area contributed by atoms with E-state index >= 15 is 0 Å². The van der Waals surface area contributed by atoms with Crippen LogP contribution in [0.2, 0.25) is 0 Å². The lowest BCUT2D eigenvalue weighted by molar-refractivity contribution is 0.0947.